The van der Waals surface area contributed by atoms with Gasteiger partial charge in [0.1, 0.15) is 36.6 Å². The summed E-state index contributed by atoms with van der Waals surface area (Å²) in [6, 6.07) is -1.16. The van der Waals surface area contributed by atoms with Gasteiger partial charge in [-0.1, -0.05) is 168 Å². The van der Waals surface area contributed by atoms with Crippen molar-refractivity contribution in [1.29, 1.82) is 0 Å². The number of amides is 1. The van der Waals surface area contributed by atoms with Gasteiger partial charge in [0.15, 0.2) is 6.29 Å². The Hall–Kier alpha value is -0.890. The highest BCUT2D eigenvalue weighted by molar-refractivity contribution is 5.80. The lowest BCUT2D eigenvalue weighted by Gasteiger charge is -2.40. The summed E-state index contributed by atoms with van der Waals surface area (Å²) in [4.78, 5) is 13.0. The van der Waals surface area contributed by atoms with Gasteiger partial charge in [-0.25, -0.2) is 0 Å². The lowest BCUT2D eigenvalue weighted by atomic mass is 9.98. The summed E-state index contributed by atoms with van der Waals surface area (Å²) in [5, 5.41) is 75.3. The summed E-state index contributed by atoms with van der Waals surface area (Å²) in [5.41, 5.74) is 0. The molecule has 0 aliphatic carbocycles. The van der Waals surface area contributed by atoms with Crippen molar-refractivity contribution in [3.05, 3.63) is 0 Å². The van der Waals surface area contributed by atoms with E-state index < -0.39 is 74.2 Å². The number of ether oxygens (including phenoxy) is 2. The van der Waals surface area contributed by atoms with Crippen molar-refractivity contribution < 1.29 is 50.0 Å². The van der Waals surface area contributed by atoms with Crippen LogP contribution in [-0.4, -0.2) is 110 Å². The van der Waals surface area contributed by atoms with Gasteiger partial charge in [-0.3, -0.25) is 4.79 Å². The molecule has 8 N–H and O–H groups in total. The fourth-order valence-electron chi connectivity index (χ4n) is 6.85. The molecule has 1 amide bonds. The fourth-order valence-corrected chi connectivity index (χ4v) is 6.85. The Morgan fingerprint density at radius 3 is 1.45 bits per heavy atom. The number of unbranched alkanes of at least 4 members (excludes halogenated alkanes) is 22. The molecule has 0 aromatic heterocycles. The Balaban J connectivity index is 2.51. The van der Waals surface area contributed by atoms with Crippen LogP contribution < -0.4 is 5.32 Å². The fraction of sp³-hybridized carbons (Fsp3) is 0.975. The van der Waals surface area contributed by atoms with E-state index in [1.807, 2.05) is 0 Å². The molecule has 0 saturated carbocycles. The van der Waals surface area contributed by atoms with Gasteiger partial charge in [-0.2, -0.15) is 0 Å². The first-order valence-corrected chi connectivity index (χ1v) is 20.9. The topological polar surface area (TPSA) is 189 Å². The second-order valence-corrected chi connectivity index (χ2v) is 15.1. The summed E-state index contributed by atoms with van der Waals surface area (Å²) >= 11 is 0. The van der Waals surface area contributed by atoms with E-state index in [0.29, 0.717) is 19.3 Å². The van der Waals surface area contributed by atoms with Crippen LogP contribution in [0.25, 0.3) is 0 Å². The van der Waals surface area contributed by atoms with Gasteiger partial charge in [0.25, 0.3) is 0 Å². The third kappa shape index (κ3) is 22.2. The van der Waals surface area contributed by atoms with Crippen molar-refractivity contribution in [1.82, 2.24) is 5.32 Å². The van der Waals surface area contributed by atoms with Crippen LogP contribution in [0.1, 0.15) is 181 Å². The first kappa shape index (κ1) is 48.1. The van der Waals surface area contributed by atoms with Crippen molar-refractivity contribution in [2.45, 2.75) is 236 Å². The quantitative estimate of drug-likeness (QED) is 0.0390. The molecule has 1 saturated heterocycles. The zero-order valence-corrected chi connectivity index (χ0v) is 32.4. The molecule has 0 spiro atoms. The van der Waals surface area contributed by atoms with E-state index in [1.54, 1.807) is 0 Å². The minimum Gasteiger partial charge on any atom is -0.394 e. The predicted molar refractivity (Wildman–Crippen MR) is 201 cm³/mol. The van der Waals surface area contributed by atoms with Gasteiger partial charge in [-0.05, 0) is 12.8 Å². The van der Waals surface area contributed by atoms with Crippen LogP contribution in [0.5, 0.6) is 0 Å². The van der Waals surface area contributed by atoms with E-state index in [0.717, 1.165) is 38.5 Å². The first-order valence-electron chi connectivity index (χ1n) is 20.9. The van der Waals surface area contributed by atoms with E-state index >= 15 is 0 Å². The van der Waals surface area contributed by atoms with Crippen molar-refractivity contribution in [2.24, 2.45) is 0 Å². The van der Waals surface area contributed by atoms with Gasteiger partial charge >= 0.3 is 0 Å². The maximum atomic E-state index is 13.0. The van der Waals surface area contributed by atoms with Gasteiger partial charge in [0, 0.05) is 0 Å². The van der Waals surface area contributed by atoms with Crippen LogP contribution in [0.4, 0.5) is 0 Å². The molecule has 1 heterocycles. The van der Waals surface area contributed by atoms with E-state index in [9.17, 15) is 40.5 Å². The Bertz CT molecular complexity index is 805. The average molecular weight is 734 g/mol. The normalized spacial score (nSPS) is 23.2. The molecular weight excluding hydrogens is 654 g/mol. The highest BCUT2D eigenvalue weighted by Crippen LogP contribution is 2.23. The maximum absolute atomic E-state index is 13.0. The maximum Gasteiger partial charge on any atom is 0.249 e. The standard InChI is InChI=1S/C40H79NO10/c1-3-5-7-9-11-13-15-16-17-18-20-22-24-26-28-33(44)39(49)41-31(30-50-40-38(48)37(47)36(46)34(29-42)51-40)35(45)32(43)27-25-23-21-19-14-12-10-8-6-4-2/h31-38,40,42-48H,3-30H2,1-2H3,(H,41,49)/t31-,32+,33+,34+,35-,36+,37-,38+,40+/m0/s1. The molecule has 0 aromatic rings. The van der Waals surface area contributed by atoms with Gasteiger partial charge in [0.05, 0.1) is 25.4 Å². The highest BCUT2D eigenvalue weighted by atomic mass is 16.7. The molecule has 51 heavy (non-hydrogen) atoms. The van der Waals surface area contributed by atoms with Gasteiger partial charge in [0.2, 0.25) is 5.91 Å². The Morgan fingerprint density at radius 1 is 0.608 bits per heavy atom. The first-order chi connectivity index (χ1) is 24.7. The van der Waals surface area contributed by atoms with E-state index in [-0.39, 0.29) is 6.42 Å². The molecule has 0 aromatic carbocycles. The number of carbonyl (C=O) groups excluding carboxylic acids is 1. The lowest BCUT2D eigenvalue weighted by molar-refractivity contribution is -0.303. The number of carbonyl (C=O) groups is 1. The van der Waals surface area contributed by atoms with E-state index in [2.05, 4.69) is 19.2 Å². The number of hydrogen-bond acceptors (Lipinski definition) is 10. The number of nitrogens with one attached hydrogen (secondary N) is 1. The number of hydrogen-bond donors (Lipinski definition) is 8. The molecule has 1 fully saturated rings. The lowest BCUT2D eigenvalue weighted by Crippen LogP contribution is -2.60. The zero-order chi connectivity index (χ0) is 37.7. The second-order valence-electron chi connectivity index (χ2n) is 15.1. The van der Waals surface area contributed by atoms with E-state index in [4.69, 9.17) is 9.47 Å². The van der Waals surface area contributed by atoms with Crippen molar-refractivity contribution >= 4 is 5.91 Å². The van der Waals surface area contributed by atoms with Crippen LogP contribution in [0.2, 0.25) is 0 Å². The number of aliphatic hydroxyl groups excluding tert-OH is 7. The molecule has 1 rings (SSSR count). The summed E-state index contributed by atoms with van der Waals surface area (Å²) < 4.78 is 11.0. The minimum absolute atomic E-state index is 0.265. The smallest absolute Gasteiger partial charge is 0.249 e. The third-order valence-electron chi connectivity index (χ3n) is 10.4. The molecule has 0 bridgehead atoms. The highest BCUT2D eigenvalue weighted by Gasteiger charge is 2.44. The number of rotatable bonds is 34. The van der Waals surface area contributed by atoms with Crippen molar-refractivity contribution in [3.8, 4) is 0 Å². The summed E-state index contributed by atoms with van der Waals surface area (Å²) in [7, 11) is 0. The van der Waals surface area contributed by atoms with Gasteiger partial charge < -0.3 is 50.5 Å². The number of aliphatic hydroxyl groups is 7. The molecule has 11 nitrogen and oxygen atoms in total. The Kier molecular flexibility index (Phi) is 29.7. The van der Waals surface area contributed by atoms with Crippen LogP contribution in [0.3, 0.4) is 0 Å². The zero-order valence-electron chi connectivity index (χ0n) is 32.4. The van der Waals surface area contributed by atoms with Crippen LogP contribution in [0, 0.1) is 0 Å². The van der Waals surface area contributed by atoms with E-state index in [1.165, 1.54) is 103 Å². The third-order valence-corrected chi connectivity index (χ3v) is 10.4. The molecule has 1 aliphatic heterocycles. The van der Waals surface area contributed by atoms with Crippen LogP contribution in [0.15, 0.2) is 0 Å². The Morgan fingerprint density at radius 2 is 1.02 bits per heavy atom. The molecule has 0 radical (unpaired) electrons. The largest absolute Gasteiger partial charge is 0.394 e. The van der Waals surface area contributed by atoms with Crippen molar-refractivity contribution in [3.63, 3.8) is 0 Å². The molecule has 9 atom stereocenters. The molecular formula is C40H79NO10. The van der Waals surface area contributed by atoms with Crippen LogP contribution in [-0.2, 0) is 14.3 Å². The Labute approximate surface area is 309 Å². The average Bonchev–Trinajstić information content (AvgIpc) is 3.13. The monoisotopic (exact) mass is 734 g/mol. The molecule has 11 heteroatoms. The molecule has 1 aliphatic rings. The SMILES string of the molecule is CCCCCCCCCCCCCCCC[C@@H](O)C(=O)N[C@@H](CO[C@@H]1O[C@H](CO)[C@@H](O)[C@H](O)[C@H]1O)[C@H](O)[C@H](O)CCCCCCCCCCCC. The van der Waals surface area contributed by atoms with Crippen molar-refractivity contribution in [2.75, 3.05) is 13.2 Å². The van der Waals surface area contributed by atoms with Gasteiger partial charge in [-0.15, -0.1) is 0 Å². The molecule has 304 valence electrons. The second kappa shape index (κ2) is 31.5. The summed E-state index contributed by atoms with van der Waals surface area (Å²) in [5.74, 6) is -0.697. The summed E-state index contributed by atoms with van der Waals surface area (Å²) in [6.45, 7) is 3.40. The molecule has 0 unspecified atom stereocenters. The summed E-state index contributed by atoms with van der Waals surface area (Å²) in [6.07, 6.45) is 17.3. The minimum atomic E-state index is -1.65. The van der Waals surface area contributed by atoms with Crippen LogP contribution >= 0.6 is 0 Å². The predicted octanol–water partition coefficient (Wildman–Crippen LogP) is 5.55.